The van der Waals surface area contributed by atoms with Gasteiger partial charge >= 0.3 is 19.8 Å². The lowest BCUT2D eigenvalue weighted by Crippen LogP contribution is -2.29. The zero-order valence-electron chi connectivity index (χ0n) is 35.4. The Kier molecular flexibility index (Phi) is 40.5. The van der Waals surface area contributed by atoms with Gasteiger partial charge < -0.3 is 19.3 Å². The Morgan fingerprint density at radius 1 is 0.463 bits per heavy atom. The molecular weight excluding hydrogens is 699 g/mol. The summed E-state index contributed by atoms with van der Waals surface area (Å²) in [5, 5.41) is 0. The van der Waals surface area contributed by atoms with Crippen LogP contribution in [0.3, 0.4) is 0 Å². The van der Waals surface area contributed by atoms with E-state index in [9.17, 15) is 14.2 Å². The molecule has 0 bridgehead atoms. The molecule has 0 aliphatic rings. The summed E-state index contributed by atoms with van der Waals surface area (Å²) in [6.45, 7) is 3.71. The SMILES string of the molecule is CCCCCC/C=C/CCCCCCCCCCCC(=O)O[C@H](COC(=O)CCCCCCCCCCCCCCCCCCCCC)COP(=O)(O)O. The minimum absolute atomic E-state index is 0.214. The molecular formula is C45H87O8P. The van der Waals surface area contributed by atoms with Gasteiger partial charge in [-0.1, -0.05) is 206 Å². The molecule has 0 aliphatic heterocycles. The van der Waals surface area contributed by atoms with Crippen molar-refractivity contribution >= 4 is 19.8 Å². The van der Waals surface area contributed by atoms with E-state index < -0.39 is 32.5 Å². The molecule has 0 aliphatic carbocycles. The topological polar surface area (TPSA) is 119 Å². The van der Waals surface area contributed by atoms with Crippen molar-refractivity contribution in [2.75, 3.05) is 13.2 Å². The van der Waals surface area contributed by atoms with E-state index >= 15 is 0 Å². The number of rotatable bonds is 43. The van der Waals surface area contributed by atoms with Crippen LogP contribution in [-0.2, 0) is 28.2 Å². The summed E-state index contributed by atoms with van der Waals surface area (Å²) in [6, 6.07) is 0. The first-order chi connectivity index (χ1) is 26.3. The molecule has 0 fully saturated rings. The number of phosphoric ester groups is 1. The Labute approximate surface area is 333 Å². The fourth-order valence-corrected chi connectivity index (χ4v) is 7.20. The minimum atomic E-state index is -4.75. The van der Waals surface area contributed by atoms with E-state index in [1.165, 1.54) is 173 Å². The molecule has 0 saturated carbocycles. The monoisotopic (exact) mass is 787 g/mol. The number of carbonyl (C=O) groups excluding carboxylic acids is 2. The third-order valence-electron chi connectivity index (χ3n) is 10.3. The summed E-state index contributed by atoms with van der Waals surface area (Å²) in [5.41, 5.74) is 0. The second-order valence-corrected chi connectivity index (χ2v) is 17.0. The van der Waals surface area contributed by atoms with E-state index in [4.69, 9.17) is 19.3 Å². The predicted octanol–water partition coefficient (Wildman–Crippen LogP) is 14.2. The van der Waals surface area contributed by atoms with Gasteiger partial charge in [0.1, 0.15) is 6.61 Å². The molecule has 0 amide bonds. The van der Waals surface area contributed by atoms with Crippen LogP contribution >= 0.6 is 7.82 Å². The average Bonchev–Trinajstić information content (AvgIpc) is 3.14. The van der Waals surface area contributed by atoms with Crippen LogP contribution in [0.5, 0.6) is 0 Å². The number of hydrogen-bond acceptors (Lipinski definition) is 6. The first-order valence-corrected chi connectivity index (χ1v) is 24.5. The van der Waals surface area contributed by atoms with E-state index in [0.29, 0.717) is 6.42 Å². The van der Waals surface area contributed by atoms with Crippen molar-refractivity contribution in [1.82, 2.24) is 0 Å². The number of phosphoric acid groups is 1. The smallest absolute Gasteiger partial charge is 0.462 e. The molecule has 320 valence electrons. The van der Waals surface area contributed by atoms with Crippen LogP contribution in [-0.4, -0.2) is 41.0 Å². The van der Waals surface area contributed by atoms with Crippen molar-refractivity contribution < 1.29 is 37.9 Å². The zero-order valence-corrected chi connectivity index (χ0v) is 36.3. The van der Waals surface area contributed by atoms with Gasteiger partial charge in [-0.2, -0.15) is 0 Å². The van der Waals surface area contributed by atoms with Gasteiger partial charge in [0, 0.05) is 12.8 Å². The largest absolute Gasteiger partial charge is 0.469 e. The number of carbonyl (C=O) groups is 2. The quantitative estimate of drug-likeness (QED) is 0.0271. The zero-order chi connectivity index (χ0) is 39.6. The van der Waals surface area contributed by atoms with E-state index in [0.717, 1.165) is 38.5 Å². The van der Waals surface area contributed by atoms with Gasteiger partial charge in [-0.05, 0) is 38.5 Å². The summed E-state index contributed by atoms with van der Waals surface area (Å²) >= 11 is 0. The summed E-state index contributed by atoms with van der Waals surface area (Å²) in [5.74, 6) is -0.872. The second kappa shape index (κ2) is 41.4. The number of unbranched alkanes of at least 4 members (excludes halogenated alkanes) is 31. The lowest BCUT2D eigenvalue weighted by atomic mass is 10.0. The molecule has 0 aromatic rings. The van der Waals surface area contributed by atoms with Crippen molar-refractivity contribution in [2.45, 2.75) is 251 Å². The Hall–Kier alpha value is -1.21. The molecule has 0 aromatic heterocycles. The standard InChI is InChI=1S/C45H87O8P/c1-3-5-7-9-11-13-15-17-19-21-22-24-25-27-29-31-33-35-37-39-44(46)51-41-43(42-52-54(48,49)50)53-45(47)40-38-36-34-32-30-28-26-23-20-18-16-14-12-10-8-6-4-2/h14,16,43H,3-13,15,17-42H2,1-2H3,(H2,48,49,50)/b16-14+/t43-/m1/s1. The summed E-state index contributed by atoms with van der Waals surface area (Å²) < 4.78 is 26.5. The van der Waals surface area contributed by atoms with Crippen LogP contribution in [0.1, 0.15) is 245 Å². The van der Waals surface area contributed by atoms with Crippen molar-refractivity contribution in [3.63, 3.8) is 0 Å². The van der Waals surface area contributed by atoms with E-state index in [-0.39, 0.29) is 19.4 Å². The first-order valence-electron chi connectivity index (χ1n) is 23.0. The molecule has 8 nitrogen and oxygen atoms in total. The molecule has 0 saturated heterocycles. The van der Waals surface area contributed by atoms with Crippen LogP contribution in [0.4, 0.5) is 0 Å². The van der Waals surface area contributed by atoms with Crippen LogP contribution in [0.25, 0.3) is 0 Å². The van der Waals surface area contributed by atoms with Gasteiger partial charge in [0.15, 0.2) is 6.10 Å². The highest BCUT2D eigenvalue weighted by molar-refractivity contribution is 7.46. The Morgan fingerprint density at radius 2 is 0.778 bits per heavy atom. The second-order valence-electron chi connectivity index (χ2n) is 15.7. The lowest BCUT2D eigenvalue weighted by Gasteiger charge is -2.18. The third-order valence-corrected chi connectivity index (χ3v) is 10.8. The number of hydrogen-bond donors (Lipinski definition) is 2. The fourth-order valence-electron chi connectivity index (χ4n) is 6.84. The first kappa shape index (κ1) is 52.8. The lowest BCUT2D eigenvalue weighted by molar-refractivity contribution is -0.161. The summed E-state index contributed by atoms with van der Waals surface area (Å²) in [4.78, 5) is 42.9. The van der Waals surface area contributed by atoms with E-state index in [1.54, 1.807) is 0 Å². The Balaban J connectivity index is 3.83. The Morgan fingerprint density at radius 3 is 1.15 bits per heavy atom. The highest BCUT2D eigenvalue weighted by Gasteiger charge is 2.23. The highest BCUT2D eigenvalue weighted by Crippen LogP contribution is 2.36. The molecule has 0 heterocycles. The van der Waals surface area contributed by atoms with Crippen molar-refractivity contribution in [3.8, 4) is 0 Å². The van der Waals surface area contributed by atoms with Crippen LogP contribution in [0.2, 0.25) is 0 Å². The molecule has 0 rings (SSSR count). The summed E-state index contributed by atoms with van der Waals surface area (Å²) in [7, 11) is -4.75. The molecule has 1 atom stereocenters. The van der Waals surface area contributed by atoms with Crippen LogP contribution < -0.4 is 0 Å². The third kappa shape index (κ3) is 43.5. The number of esters is 2. The maximum absolute atomic E-state index is 12.4. The minimum Gasteiger partial charge on any atom is -0.462 e. The predicted molar refractivity (Wildman–Crippen MR) is 226 cm³/mol. The van der Waals surface area contributed by atoms with Gasteiger partial charge in [-0.15, -0.1) is 0 Å². The van der Waals surface area contributed by atoms with Crippen LogP contribution in [0.15, 0.2) is 12.2 Å². The van der Waals surface area contributed by atoms with Gasteiger partial charge in [0.25, 0.3) is 0 Å². The summed E-state index contributed by atoms with van der Waals surface area (Å²) in [6.07, 6.45) is 46.5. The molecule has 0 spiro atoms. The molecule has 2 N–H and O–H groups in total. The molecule has 0 aromatic carbocycles. The number of ether oxygens (including phenoxy) is 2. The molecule has 0 unspecified atom stereocenters. The van der Waals surface area contributed by atoms with Crippen molar-refractivity contribution in [3.05, 3.63) is 12.2 Å². The molecule has 54 heavy (non-hydrogen) atoms. The van der Waals surface area contributed by atoms with Gasteiger partial charge in [-0.25, -0.2) is 4.57 Å². The Bertz CT molecular complexity index is 889. The number of allylic oxidation sites excluding steroid dienone is 2. The van der Waals surface area contributed by atoms with Gasteiger partial charge in [0.05, 0.1) is 6.61 Å². The maximum Gasteiger partial charge on any atom is 0.469 e. The van der Waals surface area contributed by atoms with E-state index in [2.05, 4.69) is 30.5 Å². The average molecular weight is 787 g/mol. The fraction of sp³-hybridized carbons (Fsp3) is 0.911. The molecule has 9 heteroatoms. The van der Waals surface area contributed by atoms with Gasteiger partial charge in [-0.3, -0.25) is 14.1 Å². The molecule has 0 radical (unpaired) electrons. The normalized spacial score (nSPS) is 12.4. The maximum atomic E-state index is 12.4. The van der Waals surface area contributed by atoms with Crippen LogP contribution in [0, 0.1) is 0 Å². The highest BCUT2D eigenvalue weighted by atomic mass is 31.2. The van der Waals surface area contributed by atoms with Crippen molar-refractivity contribution in [2.24, 2.45) is 0 Å². The van der Waals surface area contributed by atoms with Crippen molar-refractivity contribution in [1.29, 1.82) is 0 Å². The van der Waals surface area contributed by atoms with Gasteiger partial charge in [0.2, 0.25) is 0 Å². The van der Waals surface area contributed by atoms with E-state index in [1.807, 2.05) is 0 Å².